The van der Waals surface area contributed by atoms with Crippen LogP contribution < -0.4 is 0 Å². The Hall–Kier alpha value is -2.48. The smallest absolute Gasteiger partial charge is 0.120 e. The van der Waals surface area contributed by atoms with Crippen molar-refractivity contribution in [3.63, 3.8) is 0 Å². The minimum atomic E-state index is -0.157. The number of hydrogen-bond donors (Lipinski definition) is 0. The second kappa shape index (κ2) is 9.12. The van der Waals surface area contributed by atoms with E-state index in [1.807, 2.05) is 0 Å². The Morgan fingerprint density at radius 3 is 1.77 bits per heavy atom. The molecule has 0 N–H and O–H groups in total. The molecule has 2 nitrogen and oxygen atoms in total. The first kappa shape index (κ1) is 20.8. The van der Waals surface area contributed by atoms with Gasteiger partial charge in [-0.25, -0.2) is 0 Å². The Bertz CT molecular complexity index is 1010. The van der Waals surface area contributed by atoms with Crippen molar-refractivity contribution < 1.29 is 0 Å². The van der Waals surface area contributed by atoms with E-state index in [1.165, 1.54) is 66.8 Å². The molecule has 1 atom stereocenters. The number of rotatable bonds is 10. The molecule has 2 aromatic heterocycles. The van der Waals surface area contributed by atoms with Crippen molar-refractivity contribution in [3.8, 4) is 0 Å². The lowest BCUT2D eigenvalue weighted by Crippen LogP contribution is -2.43. The second-order valence-corrected chi connectivity index (χ2v) is 9.04. The summed E-state index contributed by atoms with van der Waals surface area (Å²) in [6, 6.07) is 22.1. The van der Waals surface area contributed by atoms with Crippen LogP contribution in [0, 0.1) is 5.92 Å². The van der Waals surface area contributed by atoms with Crippen molar-refractivity contribution in [1.29, 1.82) is 0 Å². The highest BCUT2D eigenvalue weighted by Gasteiger charge is 2.36. The van der Waals surface area contributed by atoms with Gasteiger partial charge in [-0.15, -0.1) is 0 Å². The highest BCUT2D eigenvalue weighted by molar-refractivity contribution is 5.82. The molecule has 0 saturated carbocycles. The summed E-state index contributed by atoms with van der Waals surface area (Å²) in [5, 5.41) is 2.62. The molecule has 30 heavy (non-hydrogen) atoms. The minimum absolute atomic E-state index is 0.157. The number of para-hydroxylation sites is 2. The maximum absolute atomic E-state index is 2.51. The summed E-state index contributed by atoms with van der Waals surface area (Å²) in [6.07, 6.45) is 13.9. The lowest BCUT2D eigenvalue weighted by Gasteiger charge is -2.40. The van der Waals surface area contributed by atoms with Crippen LogP contribution >= 0.6 is 0 Å². The van der Waals surface area contributed by atoms with Gasteiger partial charge in [0.1, 0.15) is 5.66 Å². The quantitative estimate of drug-likeness (QED) is 0.237. The van der Waals surface area contributed by atoms with Crippen molar-refractivity contribution in [2.45, 2.75) is 71.4 Å². The molecule has 0 aliphatic rings. The molecule has 0 saturated heterocycles. The average molecular weight is 401 g/mol. The number of unbranched alkanes of at least 4 members (excludes halogenated alkanes) is 5. The standard InChI is InChI=1S/C28H36N2/c1-4-5-6-7-8-9-14-23(2)28(3,29-21-19-24-15-10-12-17-26(24)29)30-22-20-25-16-11-13-18-27(25)30/h10-13,15-23H,4-9,14H2,1-3H3. The van der Waals surface area contributed by atoms with Crippen molar-refractivity contribution in [2.24, 2.45) is 5.92 Å². The van der Waals surface area contributed by atoms with Gasteiger partial charge < -0.3 is 9.13 Å². The molecule has 0 fully saturated rings. The van der Waals surface area contributed by atoms with Gasteiger partial charge in [0.2, 0.25) is 0 Å². The zero-order valence-electron chi connectivity index (χ0n) is 18.8. The van der Waals surface area contributed by atoms with Crippen LogP contribution in [0.2, 0.25) is 0 Å². The van der Waals surface area contributed by atoms with Crippen molar-refractivity contribution in [1.82, 2.24) is 9.13 Å². The third-order valence-corrected chi connectivity index (χ3v) is 7.10. The fourth-order valence-corrected chi connectivity index (χ4v) is 5.05. The Balaban J connectivity index is 1.70. The van der Waals surface area contributed by atoms with Gasteiger partial charge in [0.15, 0.2) is 0 Å². The highest BCUT2D eigenvalue weighted by Crippen LogP contribution is 2.38. The van der Waals surface area contributed by atoms with E-state index >= 15 is 0 Å². The summed E-state index contributed by atoms with van der Waals surface area (Å²) in [5.74, 6) is 0.510. The van der Waals surface area contributed by atoms with Crippen molar-refractivity contribution >= 4 is 21.8 Å². The fraction of sp³-hybridized carbons (Fsp3) is 0.429. The number of fused-ring (bicyclic) bond motifs is 2. The van der Waals surface area contributed by atoms with Crippen LogP contribution in [-0.4, -0.2) is 9.13 Å². The molecule has 2 heterocycles. The van der Waals surface area contributed by atoms with Gasteiger partial charge in [-0.2, -0.15) is 0 Å². The molecule has 4 aromatic rings. The summed E-state index contributed by atoms with van der Waals surface area (Å²) < 4.78 is 5.02. The van der Waals surface area contributed by atoms with Gasteiger partial charge in [-0.05, 0) is 54.3 Å². The van der Waals surface area contributed by atoms with E-state index in [-0.39, 0.29) is 5.66 Å². The Kier molecular flexibility index (Phi) is 6.32. The molecule has 0 spiro atoms. The van der Waals surface area contributed by atoms with Gasteiger partial charge in [0, 0.05) is 12.4 Å². The van der Waals surface area contributed by atoms with Crippen LogP contribution in [0.15, 0.2) is 73.1 Å². The molecule has 0 bridgehead atoms. The van der Waals surface area contributed by atoms with E-state index in [2.05, 4.69) is 103 Å². The summed E-state index contributed by atoms with van der Waals surface area (Å²) in [4.78, 5) is 0. The minimum Gasteiger partial charge on any atom is -0.324 e. The van der Waals surface area contributed by atoms with E-state index in [1.54, 1.807) is 0 Å². The number of nitrogens with zero attached hydrogens (tertiary/aromatic N) is 2. The first-order valence-electron chi connectivity index (χ1n) is 11.8. The van der Waals surface area contributed by atoms with Crippen LogP contribution in [-0.2, 0) is 5.66 Å². The van der Waals surface area contributed by atoms with E-state index in [0.717, 1.165) is 0 Å². The average Bonchev–Trinajstić information content (AvgIpc) is 3.40. The van der Waals surface area contributed by atoms with Crippen LogP contribution in [0.5, 0.6) is 0 Å². The van der Waals surface area contributed by atoms with Crippen LogP contribution in [0.25, 0.3) is 21.8 Å². The van der Waals surface area contributed by atoms with Crippen molar-refractivity contribution in [3.05, 3.63) is 73.1 Å². The number of aromatic nitrogens is 2. The van der Waals surface area contributed by atoms with E-state index in [0.29, 0.717) is 5.92 Å². The third-order valence-electron chi connectivity index (χ3n) is 7.10. The molecule has 1 unspecified atom stereocenters. The second-order valence-electron chi connectivity index (χ2n) is 9.04. The van der Waals surface area contributed by atoms with Crippen LogP contribution in [0.3, 0.4) is 0 Å². The Labute approximate surface area is 181 Å². The molecule has 0 aliphatic heterocycles. The lowest BCUT2D eigenvalue weighted by atomic mass is 9.89. The third kappa shape index (κ3) is 3.80. The number of benzene rings is 2. The molecular weight excluding hydrogens is 364 g/mol. The molecule has 2 aromatic carbocycles. The highest BCUT2D eigenvalue weighted by atomic mass is 15.3. The number of hydrogen-bond acceptors (Lipinski definition) is 0. The van der Waals surface area contributed by atoms with Gasteiger partial charge in [-0.1, -0.05) is 88.8 Å². The topological polar surface area (TPSA) is 9.86 Å². The molecular formula is C28H36N2. The molecule has 0 aliphatic carbocycles. The summed E-state index contributed by atoms with van der Waals surface area (Å²) >= 11 is 0. The van der Waals surface area contributed by atoms with Gasteiger partial charge in [-0.3, -0.25) is 0 Å². The molecule has 4 rings (SSSR count). The predicted octanol–water partition coefficient (Wildman–Crippen LogP) is 8.20. The van der Waals surface area contributed by atoms with Crippen LogP contribution in [0.1, 0.15) is 65.7 Å². The van der Waals surface area contributed by atoms with E-state index in [9.17, 15) is 0 Å². The van der Waals surface area contributed by atoms with Crippen molar-refractivity contribution in [2.75, 3.05) is 0 Å². The Morgan fingerprint density at radius 2 is 1.20 bits per heavy atom. The molecule has 0 radical (unpaired) electrons. The summed E-state index contributed by atoms with van der Waals surface area (Å²) in [7, 11) is 0. The fourth-order valence-electron chi connectivity index (χ4n) is 5.05. The Morgan fingerprint density at radius 1 is 0.700 bits per heavy atom. The van der Waals surface area contributed by atoms with E-state index < -0.39 is 0 Å². The van der Waals surface area contributed by atoms with Crippen LogP contribution in [0.4, 0.5) is 0 Å². The molecule has 0 amide bonds. The summed E-state index contributed by atoms with van der Waals surface area (Å²) in [5.41, 5.74) is 2.47. The monoisotopic (exact) mass is 400 g/mol. The maximum Gasteiger partial charge on any atom is 0.120 e. The van der Waals surface area contributed by atoms with Gasteiger partial charge in [0.05, 0.1) is 11.0 Å². The van der Waals surface area contributed by atoms with E-state index in [4.69, 9.17) is 0 Å². The first-order valence-corrected chi connectivity index (χ1v) is 11.8. The largest absolute Gasteiger partial charge is 0.324 e. The van der Waals surface area contributed by atoms with Gasteiger partial charge in [0.25, 0.3) is 0 Å². The molecule has 158 valence electrons. The first-order chi connectivity index (χ1) is 14.7. The lowest BCUT2D eigenvalue weighted by molar-refractivity contribution is 0.160. The maximum atomic E-state index is 2.51. The van der Waals surface area contributed by atoms with Gasteiger partial charge >= 0.3 is 0 Å². The zero-order chi connectivity index (χ0) is 21.0. The SMILES string of the molecule is CCCCCCCCC(C)C(C)(n1ccc2ccccc21)n1ccc2ccccc21. The zero-order valence-corrected chi connectivity index (χ0v) is 18.8. The summed E-state index contributed by atoms with van der Waals surface area (Å²) in [6.45, 7) is 7.15. The molecule has 2 heteroatoms. The normalized spacial score (nSPS) is 13.3. The predicted molar refractivity (Wildman–Crippen MR) is 130 cm³/mol.